The molecule has 0 amide bonds. The summed E-state index contributed by atoms with van der Waals surface area (Å²) in [6, 6.07) is 1.75. The number of sulfonamides is 1. The molecule has 1 aromatic heterocycles. The Morgan fingerprint density at radius 3 is 2.52 bits per heavy atom. The molecule has 1 rings (SSSR count). The molecule has 1 heterocycles. The fraction of sp³-hybridized carbons (Fsp3) is 0.733. The summed E-state index contributed by atoms with van der Waals surface area (Å²) in [4.78, 5) is 2.35. The van der Waals surface area contributed by atoms with Crippen molar-refractivity contribution >= 4 is 21.4 Å². The fourth-order valence-corrected chi connectivity index (χ4v) is 5.21. The Balaban J connectivity index is 2.78. The average molecular weight is 333 g/mol. The zero-order valence-electron chi connectivity index (χ0n) is 13.7. The molecule has 122 valence electrons. The van der Waals surface area contributed by atoms with Gasteiger partial charge in [0.15, 0.2) is 0 Å². The highest BCUT2D eigenvalue weighted by Gasteiger charge is 2.22. The van der Waals surface area contributed by atoms with E-state index in [0.717, 1.165) is 35.7 Å². The van der Waals surface area contributed by atoms with Gasteiger partial charge in [-0.3, -0.25) is 0 Å². The molecule has 0 saturated carbocycles. The fourth-order valence-electron chi connectivity index (χ4n) is 2.35. The molecular weight excluding hydrogens is 304 g/mol. The second kappa shape index (κ2) is 8.27. The molecule has 0 aliphatic rings. The number of hydrogen-bond donors (Lipinski definition) is 2. The largest absolute Gasteiger partial charge is 0.312 e. The van der Waals surface area contributed by atoms with Gasteiger partial charge < -0.3 is 5.32 Å². The van der Waals surface area contributed by atoms with Crippen LogP contribution in [0.5, 0.6) is 0 Å². The highest BCUT2D eigenvalue weighted by Crippen LogP contribution is 2.26. The van der Waals surface area contributed by atoms with Crippen LogP contribution in [-0.4, -0.2) is 21.0 Å². The van der Waals surface area contributed by atoms with Crippen molar-refractivity contribution in [2.45, 2.75) is 64.9 Å². The van der Waals surface area contributed by atoms with Crippen molar-refractivity contribution in [2.24, 2.45) is 5.92 Å². The maximum Gasteiger partial charge on any atom is 0.241 e. The molecule has 0 bridgehead atoms. The molecular formula is C15H28N2O2S2. The van der Waals surface area contributed by atoms with Gasteiger partial charge in [-0.25, -0.2) is 13.1 Å². The van der Waals surface area contributed by atoms with Crippen LogP contribution in [-0.2, 0) is 16.6 Å². The van der Waals surface area contributed by atoms with Crippen LogP contribution in [0, 0.1) is 12.8 Å². The smallest absolute Gasteiger partial charge is 0.241 e. The van der Waals surface area contributed by atoms with Crippen molar-refractivity contribution < 1.29 is 8.42 Å². The number of hydrogen-bond acceptors (Lipinski definition) is 4. The van der Waals surface area contributed by atoms with Gasteiger partial charge >= 0.3 is 0 Å². The lowest BCUT2D eigenvalue weighted by molar-refractivity contribution is 0.482. The van der Waals surface area contributed by atoms with E-state index >= 15 is 0 Å². The summed E-state index contributed by atoms with van der Waals surface area (Å²) in [6.45, 7) is 11.8. The standard InChI is InChI=1S/C15H28N2O2S2/c1-6-7-16-10-14-9-15(13(5)20-14)21(18,19)17-12(4)8-11(2)3/h9,11-12,16-17H,6-8,10H2,1-5H3. The first-order chi connectivity index (χ1) is 9.76. The molecule has 4 nitrogen and oxygen atoms in total. The summed E-state index contributed by atoms with van der Waals surface area (Å²) in [6.07, 6.45) is 1.91. The Hall–Kier alpha value is -0.430. The van der Waals surface area contributed by atoms with Gasteiger partial charge in [-0.15, -0.1) is 11.3 Å². The second-order valence-electron chi connectivity index (χ2n) is 5.96. The minimum absolute atomic E-state index is 0.0454. The highest BCUT2D eigenvalue weighted by molar-refractivity contribution is 7.89. The van der Waals surface area contributed by atoms with E-state index in [1.165, 1.54) is 0 Å². The van der Waals surface area contributed by atoms with Gasteiger partial charge in [-0.1, -0.05) is 20.8 Å². The number of thiophene rings is 1. The van der Waals surface area contributed by atoms with Crippen LogP contribution in [0.2, 0.25) is 0 Å². The number of nitrogens with one attached hydrogen (secondary N) is 2. The Morgan fingerprint density at radius 1 is 1.29 bits per heavy atom. The maximum absolute atomic E-state index is 12.5. The van der Waals surface area contributed by atoms with Crippen molar-refractivity contribution in [3.63, 3.8) is 0 Å². The zero-order valence-corrected chi connectivity index (χ0v) is 15.3. The molecule has 0 fully saturated rings. The third-order valence-corrected chi connectivity index (χ3v) is 6.02. The molecule has 0 spiro atoms. The molecule has 0 aliphatic carbocycles. The van der Waals surface area contributed by atoms with Crippen molar-refractivity contribution in [1.29, 1.82) is 0 Å². The lowest BCUT2D eigenvalue weighted by Gasteiger charge is -2.15. The molecule has 0 aromatic carbocycles. The predicted molar refractivity (Wildman–Crippen MR) is 90.3 cm³/mol. The van der Waals surface area contributed by atoms with Gasteiger partial charge in [0.1, 0.15) is 0 Å². The van der Waals surface area contributed by atoms with E-state index in [1.807, 2.05) is 13.8 Å². The van der Waals surface area contributed by atoms with Crippen molar-refractivity contribution in [2.75, 3.05) is 6.54 Å². The first kappa shape index (κ1) is 18.6. The molecule has 0 aliphatic heterocycles. The minimum Gasteiger partial charge on any atom is -0.312 e. The average Bonchev–Trinajstić information content (AvgIpc) is 2.69. The molecule has 0 saturated heterocycles. The van der Waals surface area contributed by atoms with Gasteiger partial charge in [0.05, 0.1) is 4.90 Å². The third kappa shape index (κ3) is 6.06. The molecule has 21 heavy (non-hydrogen) atoms. The van der Waals surface area contributed by atoms with Gasteiger partial charge in [0, 0.05) is 22.3 Å². The van der Waals surface area contributed by atoms with Crippen LogP contribution in [0.4, 0.5) is 0 Å². The van der Waals surface area contributed by atoms with Crippen LogP contribution in [0.3, 0.4) is 0 Å². The van der Waals surface area contributed by atoms with Crippen LogP contribution in [0.25, 0.3) is 0 Å². The lowest BCUT2D eigenvalue weighted by Crippen LogP contribution is -2.33. The van der Waals surface area contributed by atoms with Crippen LogP contribution in [0.1, 0.15) is 50.3 Å². The summed E-state index contributed by atoms with van der Waals surface area (Å²) in [5.74, 6) is 0.472. The molecule has 2 N–H and O–H groups in total. The normalized spacial score (nSPS) is 13.8. The summed E-state index contributed by atoms with van der Waals surface area (Å²) in [5, 5.41) is 3.31. The van der Waals surface area contributed by atoms with E-state index in [4.69, 9.17) is 0 Å². The predicted octanol–water partition coefficient (Wildman–Crippen LogP) is 3.27. The zero-order chi connectivity index (χ0) is 16.0. The van der Waals surface area contributed by atoms with E-state index in [0.29, 0.717) is 10.8 Å². The van der Waals surface area contributed by atoms with Gasteiger partial charge in [0.2, 0.25) is 10.0 Å². The topological polar surface area (TPSA) is 58.2 Å². The Labute approximate surface area is 133 Å². The molecule has 6 heteroatoms. The Kier molecular flexibility index (Phi) is 7.33. The van der Waals surface area contributed by atoms with Crippen molar-refractivity contribution in [3.05, 3.63) is 15.8 Å². The molecule has 0 radical (unpaired) electrons. The Morgan fingerprint density at radius 2 is 1.95 bits per heavy atom. The van der Waals surface area contributed by atoms with E-state index in [1.54, 1.807) is 17.4 Å². The van der Waals surface area contributed by atoms with E-state index in [-0.39, 0.29) is 6.04 Å². The van der Waals surface area contributed by atoms with Gasteiger partial charge in [-0.2, -0.15) is 0 Å². The van der Waals surface area contributed by atoms with E-state index < -0.39 is 10.0 Å². The summed E-state index contributed by atoms with van der Waals surface area (Å²) in [7, 11) is -3.41. The van der Waals surface area contributed by atoms with Crippen LogP contribution >= 0.6 is 11.3 Å². The van der Waals surface area contributed by atoms with Gasteiger partial charge in [-0.05, 0) is 45.2 Å². The summed E-state index contributed by atoms with van der Waals surface area (Å²) in [5.41, 5.74) is 0. The lowest BCUT2D eigenvalue weighted by atomic mass is 10.1. The first-order valence-corrected chi connectivity index (χ1v) is 9.88. The minimum atomic E-state index is -3.41. The van der Waals surface area contributed by atoms with E-state index in [9.17, 15) is 8.42 Å². The summed E-state index contributed by atoms with van der Waals surface area (Å²) < 4.78 is 27.7. The maximum atomic E-state index is 12.5. The number of rotatable bonds is 9. The SMILES string of the molecule is CCCNCc1cc(S(=O)(=O)NC(C)CC(C)C)c(C)s1. The first-order valence-electron chi connectivity index (χ1n) is 7.58. The summed E-state index contributed by atoms with van der Waals surface area (Å²) >= 11 is 1.55. The third-order valence-electron chi connectivity index (χ3n) is 3.12. The van der Waals surface area contributed by atoms with E-state index in [2.05, 4.69) is 30.8 Å². The van der Waals surface area contributed by atoms with Gasteiger partial charge in [0.25, 0.3) is 0 Å². The molecule has 1 atom stereocenters. The monoisotopic (exact) mass is 332 g/mol. The van der Waals surface area contributed by atoms with Crippen molar-refractivity contribution in [3.8, 4) is 0 Å². The molecule has 1 unspecified atom stereocenters. The Bertz CT molecular complexity index is 536. The number of aryl methyl sites for hydroxylation is 1. The van der Waals surface area contributed by atoms with Crippen LogP contribution in [0.15, 0.2) is 11.0 Å². The molecule has 1 aromatic rings. The van der Waals surface area contributed by atoms with Crippen molar-refractivity contribution in [1.82, 2.24) is 10.0 Å². The quantitative estimate of drug-likeness (QED) is 0.682. The van der Waals surface area contributed by atoms with Crippen LogP contribution < -0.4 is 10.0 Å². The highest BCUT2D eigenvalue weighted by atomic mass is 32.2. The second-order valence-corrected chi connectivity index (χ2v) is 8.99.